The van der Waals surface area contributed by atoms with E-state index in [2.05, 4.69) is 0 Å². The molecule has 0 aromatic rings. The molecule has 0 saturated heterocycles. The minimum absolute atomic E-state index is 0.135. The summed E-state index contributed by atoms with van der Waals surface area (Å²) in [4.78, 5) is 42.9. The summed E-state index contributed by atoms with van der Waals surface area (Å²) in [7, 11) is 0. The molecule has 0 fully saturated rings. The van der Waals surface area contributed by atoms with E-state index in [9.17, 15) is 19.2 Å². The summed E-state index contributed by atoms with van der Waals surface area (Å²) in [6.07, 6.45) is -1.01. The molecule has 0 aromatic carbocycles. The Hall–Kier alpha value is -2.16. The van der Waals surface area contributed by atoms with Crippen LogP contribution in [0.2, 0.25) is 0 Å². The number of carbonyl (C=O) groups is 4. The highest BCUT2D eigenvalue weighted by atomic mass is 16.4. The number of hydrogen-bond acceptors (Lipinski definition) is 5. The van der Waals surface area contributed by atoms with E-state index in [1.165, 1.54) is 0 Å². The molecular formula is C9H15N3O6. The highest BCUT2D eigenvalue weighted by Crippen LogP contribution is 1.98. The number of carboxylic acids is 2. The highest BCUT2D eigenvalue weighted by molar-refractivity contribution is 5.90. The van der Waals surface area contributed by atoms with Crippen LogP contribution in [0.15, 0.2) is 0 Å². The number of hydrogen-bond donors (Lipinski definition) is 5. The summed E-state index contributed by atoms with van der Waals surface area (Å²) in [5.74, 6) is -4.27. The lowest BCUT2D eigenvalue weighted by atomic mass is 10.1. The van der Waals surface area contributed by atoms with Crippen LogP contribution < -0.4 is 16.8 Å². The first-order chi connectivity index (χ1) is 8.23. The molecule has 0 aliphatic carbocycles. The molecule has 0 rings (SSSR count). The Balaban J connectivity index is 4.36. The lowest BCUT2D eigenvalue weighted by molar-refractivity contribution is -0.143. The third-order valence-electron chi connectivity index (χ3n) is 2.03. The van der Waals surface area contributed by atoms with Crippen molar-refractivity contribution in [3.63, 3.8) is 0 Å². The molecule has 0 aromatic heterocycles. The molecule has 2 amide bonds. The largest absolute Gasteiger partial charge is 0.481 e. The number of aliphatic carboxylic acids is 2. The van der Waals surface area contributed by atoms with Gasteiger partial charge < -0.3 is 27.0 Å². The number of carbonyl (C=O) groups excluding carboxylic acids is 2. The zero-order valence-corrected chi connectivity index (χ0v) is 9.46. The molecule has 7 N–H and O–H groups in total. The van der Waals surface area contributed by atoms with Crippen LogP contribution in [0.3, 0.4) is 0 Å². The van der Waals surface area contributed by atoms with Gasteiger partial charge in [-0.1, -0.05) is 0 Å². The van der Waals surface area contributed by atoms with Gasteiger partial charge in [0, 0.05) is 6.42 Å². The second-order valence-electron chi connectivity index (χ2n) is 3.61. The molecular weight excluding hydrogens is 246 g/mol. The molecule has 18 heavy (non-hydrogen) atoms. The number of primary amides is 1. The van der Waals surface area contributed by atoms with E-state index in [-0.39, 0.29) is 12.8 Å². The van der Waals surface area contributed by atoms with E-state index >= 15 is 0 Å². The van der Waals surface area contributed by atoms with E-state index in [4.69, 9.17) is 21.7 Å². The normalized spacial score (nSPS) is 13.4. The lowest BCUT2D eigenvalue weighted by Gasteiger charge is -2.16. The Morgan fingerprint density at radius 3 is 2.11 bits per heavy atom. The van der Waals surface area contributed by atoms with E-state index in [1.807, 2.05) is 5.32 Å². The van der Waals surface area contributed by atoms with E-state index < -0.39 is 42.3 Å². The Morgan fingerprint density at radius 1 is 1.17 bits per heavy atom. The quantitative estimate of drug-likeness (QED) is 0.324. The Labute approximate surface area is 102 Å². The summed E-state index contributed by atoms with van der Waals surface area (Å²) < 4.78 is 0. The number of nitrogens with one attached hydrogen (secondary N) is 1. The molecule has 9 nitrogen and oxygen atoms in total. The van der Waals surface area contributed by atoms with Gasteiger partial charge in [0.05, 0.1) is 12.5 Å². The Kier molecular flexibility index (Phi) is 6.35. The number of rotatable bonds is 8. The summed E-state index contributed by atoms with van der Waals surface area (Å²) in [5.41, 5.74) is 10.2. The monoisotopic (exact) mass is 261 g/mol. The zero-order chi connectivity index (χ0) is 14.3. The maximum atomic E-state index is 11.4. The van der Waals surface area contributed by atoms with Gasteiger partial charge in [0.15, 0.2) is 0 Å². The van der Waals surface area contributed by atoms with Crippen molar-refractivity contribution < 1.29 is 29.4 Å². The van der Waals surface area contributed by atoms with Gasteiger partial charge in [0.1, 0.15) is 6.04 Å². The molecule has 0 saturated carbocycles. The molecule has 0 heterocycles. The third kappa shape index (κ3) is 6.43. The van der Waals surface area contributed by atoms with Gasteiger partial charge >= 0.3 is 11.9 Å². The predicted octanol–water partition coefficient (Wildman–Crippen LogP) is -2.38. The standard InChI is InChI=1S/C9H15N3O6/c10-4(1-2-7(14)15)8(16)12-5(9(17)18)3-6(11)13/h4-5H,1-3,10H2,(H2,11,13)(H,12,16)(H,14,15)(H,17,18)/t4?,5-/m0/s1. The van der Waals surface area contributed by atoms with Gasteiger partial charge in [-0.2, -0.15) is 0 Å². The van der Waals surface area contributed by atoms with Crippen LogP contribution in [0.1, 0.15) is 19.3 Å². The average molecular weight is 261 g/mol. The average Bonchev–Trinajstić information content (AvgIpc) is 2.23. The van der Waals surface area contributed by atoms with Crippen molar-refractivity contribution in [3.8, 4) is 0 Å². The van der Waals surface area contributed by atoms with Crippen molar-refractivity contribution in [2.24, 2.45) is 11.5 Å². The van der Waals surface area contributed by atoms with Gasteiger partial charge in [0.2, 0.25) is 11.8 Å². The minimum Gasteiger partial charge on any atom is -0.481 e. The number of amides is 2. The van der Waals surface area contributed by atoms with Crippen LogP contribution in [0.5, 0.6) is 0 Å². The maximum Gasteiger partial charge on any atom is 0.326 e. The van der Waals surface area contributed by atoms with Crippen molar-refractivity contribution in [3.05, 3.63) is 0 Å². The van der Waals surface area contributed by atoms with E-state index in [1.54, 1.807) is 0 Å². The molecule has 0 aliphatic heterocycles. The van der Waals surface area contributed by atoms with Crippen LogP contribution in [-0.4, -0.2) is 46.0 Å². The van der Waals surface area contributed by atoms with E-state index in [0.717, 1.165) is 0 Å². The maximum absolute atomic E-state index is 11.4. The van der Waals surface area contributed by atoms with Crippen LogP contribution in [0, 0.1) is 0 Å². The highest BCUT2D eigenvalue weighted by Gasteiger charge is 2.24. The van der Waals surface area contributed by atoms with Gasteiger partial charge in [-0.05, 0) is 6.42 Å². The van der Waals surface area contributed by atoms with Crippen molar-refractivity contribution in [1.82, 2.24) is 5.32 Å². The smallest absolute Gasteiger partial charge is 0.326 e. The molecule has 0 radical (unpaired) electrons. The van der Waals surface area contributed by atoms with Gasteiger partial charge in [-0.3, -0.25) is 14.4 Å². The first kappa shape index (κ1) is 15.8. The zero-order valence-electron chi connectivity index (χ0n) is 9.46. The minimum atomic E-state index is -1.47. The topological polar surface area (TPSA) is 173 Å². The Bertz CT molecular complexity index is 356. The van der Waals surface area contributed by atoms with Crippen LogP contribution in [0.25, 0.3) is 0 Å². The summed E-state index contributed by atoms with van der Waals surface area (Å²) >= 11 is 0. The molecule has 102 valence electrons. The van der Waals surface area contributed by atoms with Crippen molar-refractivity contribution >= 4 is 23.8 Å². The van der Waals surface area contributed by atoms with Crippen LogP contribution in [-0.2, 0) is 19.2 Å². The van der Waals surface area contributed by atoms with Crippen molar-refractivity contribution in [2.45, 2.75) is 31.3 Å². The first-order valence-electron chi connectivity index (χ1n) is 5.03. The Morgan fingerprint density at radius 2 is 1.72 bits per heavy atom. The predicted molar refractivity (Wildman–Crippen MR) is 58.2 cm³/mol. The second kappa shape index (κ2) is 7.22. The van der Waals surface area contributed by atoms with Gasteiger partial charge in [0.25, 0.3) is 0 Å². The van der Waals surface area contributed by atoms with E-state index in [0.29, 0.717) is 0 Å². The second-order valence-corrected chi connectivity index (χ2v) is 3.61. The number of nitrogens with two attached hydrogens (primary N) is 2. The molecule has 9 heteroatoms. The summed E-state index contributed by atoms with van der Waals surface area (Å²) in [6.45, 7) is 0. The fourth-order valence-electron chi connectivity index (χ4n) is 1.09. The summed E-state index contributed by atoms with van der Waals surface area (Å²) in [6, 6.07) is -2.62. The SMILES string of the molecule is NC(=O)C[C@H](NC(=O)C(N)CCC(=O)O)C(=O)O. The van der Waals surface area contributed by atoms with Gasteiger partial charge in [-0.25, -0.2) is 4.79 Å². The molecule has 0 spiro atoms. The lowest BCUT2D eigenvalue weighted by Crippen LogP contribution is -2.49. The third-order valence-corrected chi connectivity index (χ3v) is 2.03. The van der Waals surface area contributed by atoms with Crippen molar-refractivity contribution in [1.29, 1.82) is 0 Å². The fraction of sp³-hybridized carbons (Fsp3) is 0.556. The fourth-order valence-corrected chi connectivity index (χ4v) is 1.09. The van der Waals surface area contributed by atoms with Crippen molar-refractivity contribution in [2.75, 3.05) is 0 Å². The molecule has 2 atom stereocenters. The molecule has 0 bridgehead atoms. The molecule has 1 unspecified atom stereocenters. The first-order valence-corrected chi connectivity index (χ1v) is 5.03. The van der Waals surface area contributed by atoms with Crippen LogP contribution >= 0.6 is 0 Å². The molecule has 0 aliphatic rings. The van der Waals surface area contributed by atoms with Crippen LogP contribution in [0.4, 0.5) is 0 Å². The number of carboxylic acid groups (broad SMARTS) is 2. The summed E-state index contributed by atoms with van der Waals surface area (Å²) in [5, 5.41) is 19.1. The van der Waals surface area contributed by atoms with Gasteiger partial charge in [-0.15, -0.1) is 0 Å².